The fraction of sp³-hybridized carbons (Fsp3) is 0.562. The normalized spacial score (nSPS) is 17.0. The van der Waals surface area contributed by atoms with Crippen LogP contribution in [0.3, 0.4) is 0 Å². The Kier molecular flexibility index (Phi) is 4.93. The number of nitrogens with zero attached hydrogens (tertiary/aromatic N) is 2. The fourth-order valence-electron chi connectivity index (χ4n) is 2.85. The van der Waals surface area contributed by atoms with Crippen LogP contribution in [0.25, 0.3) is 0 Å². The van der Waals surface area contributed by atoms with Gasteiger partial charge in [0, 0.05) is 19.2 Å². The number of rotatable bonds is 5. The van der Waals surface area contributed by atoms with Crippen molar-refractivity contribution >= 4 is 5.91 Å². The van der Waals surface area contributed by atoms with Crippen LogP contribution >= 0.6 is 0 Å². The summed E-state index contributed by atoms with van der Waals surface area (Å²) in [6.45, 7) is 3.30. The molecule has 0 radical (unpaired) electrons. The Bertz CT molecular complexity index is 513. The monoisotopic (exact) mass is 296 g/mol. The molecule has 2 rings (SSSR count). The number of likely N-dealkylation sites (N-methyl/N-ethyl adjacent to an activating group) is 1. The quantitative estimate of drug-likeness (QED) is 0.832. The molecule has 1 aliphatic rings. The van der Waals surface area contributed by atoms with Gasteiger partial charge in [0.2, 0.25) is 5.91 Å². The van der Waals surface area contributed by atoms with E-state index in [2.05, 4.69) is 0 Å². The van der Waals surface area contributed by atoms with E-state index in [0.717, 1.165) is 12.5 Å². The van der Waals surface area contributed by atoms with Gasteiger partial charge in [-0.05, 0) is 44.5 Å². The Morgan fingerprint density at radius 2 is 2.05 bits per heavy atom. The summed E-state index contributed by atoms with van der Waals surface area (Å²) < 4.78 is 26.4. The summed E-state index contributed by atoms with van der Waals surface area (Å²) in [4.78, 5) is 16.0. The number of carbonyl (C=O) groups is 1. The standard InChI is InChI=1S/C16H22F2N2O/c1-4-15(19(2)3)16(21)20-9-11(10-20)7-12-5-6-13(17)8-14(12)18/h5-6,8,11,15H,4,7,9-10H2,1-3H3/t15-/m1/s1. The van der Waals surface area contributed by atoms with Crippen molar-refractivity contribution in [3.05, 3.63) is 35.4 Å². The number of carbonyl (C=O) groups excluding carboxylic acids is 1. The van der Waals surface area contributed by atoms with Gasteiger partial charge in [-0.25, -0.2) is 8.78 Å². The van der Waals surface area contributed by atoms with Crippen LogP contribution in [0, 0.1) is 17.6 Å². The molecule has 1 aromatic rings. The lowest BCUT2D eigenvalue weighted by molar-refractivity contribution is -0.142. The van der Waals surface area contributed by atoms with Crippen LogP contribution in [0.4, 0.5) is 8.78 Å². The Morgan fingerprint density at radius 1 is 1.38 bits per heavy atom. The molecule has 0 unspecified atom stereocenters. The molecule has 1 atom stereocenters. The van der Waals surface area contributed by atoms with Crippen LogP contribution in [-0.4, -0.2) is 48.9 Å². The van der Waals surface area contributed by atoms with Gasteiger partial charge in [-0.3, -0.25) is 9.69 Å². The molecule has 0 spiro atoms. The van der Waals surface area contributed by atoms with Gasteiger partial charge in [0.1, 0.15) is 11.6 Å². The van der Waals surface area contributed by atoms with E-state index >= 15 is 0 Å². The Labute approximate surface area is 124 Å². The predicted molar refractivity (Wildman–Crippen MR) is 77.9 cm³/mol. The average Bonchev–Trinajstić information content (AvgIpc) is 2.35. The maximum absolute atomic E-state index is 13.6. The SMILES string of the molecule is CC[C@H](C(=O)N1CC(Cc2ccc(F)cc2F)C1)N(C)C. The van der Waals surface area contributed by atoms with Gasteiger partial charge >= 0.3 is 0 Å². The third-order valence-electron chi connectivity index (χ3n) is 4.09. The Hall–Kier alpha value is -1.49. The molecule has 116 valence electrons. The van der Waals surface area contributed by atoms with Gasteiger partial charge in [-0.2, -0.15) is 0 Å². The van der Waals surface area contributed by atoms with Gasteiger partial charge in [-0.15, -0.1) is 0 Å². The molecular weight excluding hydrogens is 274 g/mol. The number of hydrogen-bond acceptors (Lipinski definition) is 2. The molecule has 0 N–H and O–H groups in total. The van der Waals surface area contributed by atoms with E-state index in [0.29, 0.717) is 25.1 Å². The molecule has 3 nitrogen and oxygen atoms in total. The first kappa shape index (κ1) is 15.9. The minimum absolute atomic E-state index is 0.0893. The van der Waals surface area contributed by atoms with Gasteiger partial charge < -0.3 is 4.90 Å². The number of likely N-dealkylation sites (tertiary alicyclic amines) is 1. The second-order valence-electron chi connectivity index (χ2n) is 5.94. The van der Waals surface area contributed by atoms with Crippen molar-refractivity contribution in [2.45, 2.75) is 25.8 Å². The molecule has 1 saturated heterocycles. The van der Waals surface area contributed by atoms with E-state index in [4.69, 9.17) is 0 Å². The summed E-state index contributed by atoms with van der Waals surface area (Å²) in [5, 5.41) is 0. The molecule has 0 aliphatic carbocycles. The summed E-state index contributed by atoms with van der Waals surface area (Å²) in [5.41, 5.74) is 0.521. The van der Waals surface area contributed by atoms with Crippen molar-refractivity contribution in [1.82, 2.24) is 9.80 Å². The summed E-state index contributed by atoms with van der Waals surface area (Å²) in [6.07, 6.45) is 1.33. The van der Waals surface area contributed by atoms with Gasteiger partial charge in [0.25, 0.3) is 0 Å². The van der Waals surface area contributed by atoms with Crippen molar-refractivity contribution in [1.29, 1.82) is 0 Å². The van der Waals surface area contributed by atoms with Crippen molar-refractivity contribution in [2.75, 3.05) is 27.2 Å². The van der Waals surface area contributed by atoms with Crippen LogP contribution in [-0.2, 0) is 11.2 Å². The van der Waals surface area contributed by atoms with Crippen molar-refractivity contribution in [3.63, 3.8) is 0 Å². The van der Waals surface area contributed by atoms with Crippen LogP contribution in [0.15, 0.2) is 18.2 Å². The zero-order chi connectivity index (χ0) is 15.6. The lowest BCUT2D eigenvalue weighted by atomic mass is 9.91. The highest BCUT2D eigenvalue weighted by Crippen LogP contribution is 2.24. The summed E-state index contributed by atoms with van der Waals surface area (Å²) in [7, 11) is 3.80. The fourth-order valence-corrected chi connectivity index (χ4v) is 2.85. The molecule has 0 aromatic heterocycles. The zero-order valence-electron chi connectivity index (χ0n) is 12.8. The smallest absolute Gasteiger partial charge is 0.239 e. The van der Waals surface area contributed by atoms with Gasteiger partial charge in [0.15, 0.2) is 0 Å². The molecular formula is C16H22F2N2O. The predicted octanol–water partition coefficient (Wildman–Crippen LogP) is 2.31. The topological polar surface area (TPSA) is 23.6 Å². The molecule has 21 heavy (non-hydrogen) atoms. The Morgan fingerprint density at radius 3 is 2.57 bits per heavy atom. The van der Waals surface area contributed by atoms with Crippen LogP contribution in [0.5, 0.6) is 0 Å². The van der Waals surface area contributed by atoms with Crippen LogP contribution in [0.1, 0.15) is 18.9 Å². The van der Waals surface area contributed by atoms with Gasteiger partial charge in [0.05, 0.1) is 6.04 Å². The number of amides is 1. The zero-order valence-corrected chi connectivity index (χ0v) is 12.8. The number of benzene rings is 1. The minimum Gasteiger partial charge on any atom is -0.341 e. The van der Waals surface area contributed by atoms with Crippen LogP contribution < -0.4 is 0 Å². The first-order chi connectivity index (χ1) is 9.92. The second kappa shape index (κ2) is 6.52. The lowest BCUT2D eigenvalue weighted by Gasteiger charge is -2.42. The summed E-state index contributed by atoms with van der Waals surface area (Å²) in [6, 6.07) is 3.59. The maximum Gasteiger partial charge on any atom is 0.239 e. The molecule has 1 heterocycles. The first-order valence-electron chi connectivity index (χ1n) is 7.31. The van der Waals surface area contributed by atoms with E-state index in [1.54, 1.807) is 0 Å². The van der Waals surface area contributed by atoms with E-state index < -0.39 is 11.6 Å². The van der Waals surface area contributed by atoms with E-state index in [-0.39, 0.29) is 17.9 Å². The van der Waals surface area contributed by atoms with Gasteiger partial charge in [-0.1, -0.05) is 13.0 Å². The molecule has 0 saturated carbocycles. The largest absolute Gasteiger partial charge is 0.341 e. The summed E-state index contributed by atoms with van der Waals surface area (Å²) >= 11 is 0. The molecule has 5 heteroatoms. The lowest BCUT2D eigenvalue weighted by Crippen LogP contribution is -2.56. The first-order valence-corrected chi connectivity index (χ1v) is 7.31. The molecule has 1 aromatic carbocycles. The highest BCUT2D eigenvalue weighted by molar-refractivity contribution is 5.82. The second-order valence-corrected chi connectivity index (χ2v) is 5.94. The molecule has 1 amide bonds. The molecule has 1 aliphatic heterocycles. The maximum atomic E-state index is 13.6. The molecule has 1 fully saturated rings. The van der Waals surface area contributed by atoms with E-state index in [1.807, 2.05) is 30.8 Å². The third-order valence-corrected chi connectivity index (χ3v) is 4.09. The van der Waals surface area contributed by atoms with E-state index in [1.165, 1.54) is 12.1 Å². The Balaban J connectivity index is 1.88. The minimum atomic E-state index is -0.557. The van der Waals surface area contributed by atoms with E-state index in [9.17, 15) is 13.6 Å². The average molecular weight is 296 g/mol. The summed E-state index contributed by atoms with van der Waals surface area (Å²) in [5.74, 6) is -0.662. The van der Waals surface area contributed by atoms with Crippen LogP contribution in [0.2, 0.25) is 0 Å². The van der Waals surface area contributed by atoms with Crippen molar-refractivity contribution < 1.29 is 13.6 Å². The highest BCUT2D eigenvalue weighted by atomic mass is 19.1. The number of hydrogen-bond donors (Lipinski definition) is 0. The van der Waals surface area contributed by atoms with Crippen molar-refractivity contribution in [2.24, 2.45) is 5.92 Å². The third kappa shape index (κ3) is 3.59. The number of halogens is 2. The van der Waals surface area contributed by atoms with Crippen molar-refractivity contribution in [3.8, 4) is 0 Å². The molecule has 0 bridgehead atoms. The highest BCUT2D eigenvalue weighted by Gasteiger charge is 2.34.